The van der Waals surface area contributed by atoms with Crippen LogP contribution in [0.2, 0.25) is 0 Å². The number of benzene rings is 1. The van der Waals surface area contributed by atoms with Crippen molar-refractivity contribution in [2.45, 2.75) is 96.0 Å². The standard InChI is InChI=1S/C25H35NO2/c1-2-3-4-5-19-6-10-21(11-7-19)22-12-14-23(15-13-22)25(27)28-24-16-8-20(18-26)9-17-24/h12-15,19-21,24H,2-11,16-17H2,1H3/t19-,20?,21-,24?. The first-order valence-electron chi connectivity index (χ1n) is 11.4. The molecular weight excluding hydrogens is 346 g/mol. The van der Waals surface area contributed by atoms with Gasteiger partial charge in [-0.05, 0) is 80.9 Å². The molecule has 2 aliphatic rings. The number of hydrogen-bond donors (Lipinski definition) is 0. The molecule has 1 aromatic rings. The SMILES string of the molecule is CCCCC[C@H]1CC[C@H](c2ccc(C(=O)OC3CCC(C#N)CC3)cc2)CC1. The highest BCUT2D eigenvalue weighted by atomic mass is 16.5. The van der Waals surface area contributed by atoms with E-state index in [-0.39, 0.29) is 18.0 Å². The zero-order valence-electron chi connectivity index (χ0n) is 17.4. The number of ether oxygens (including phenoxy) is 1. The minimum absolute atomic E-state index is 0.0280. The van der Waals surface area contributed by atoms with Crippen molar-refractivity contribution in [1.29, 1.82) is 5.26 Å². The molecule has 28 heavy (non-hydrogen) atoms. The summed E-state index contributed by atoms with van der Waals surface area (Å²) in [6.45, 7) is 2.27. The molecular formula is C25H35NO2. The molecule has 3 nitrogen and oxygen atoms in total. The first-order chi connectivity index (χ1) is 13.7. The Kier molecular flexibility index (Phi) is 7.95. The average Bonchev–Trinajstić information content (AvgIpc) is 2.75. The van der Waals surface area contributed by atoms with Crippen molar-refractivity contribution < 1.29 is 9.53 Å². The van der Waals surface area contributed by atoms with E-state index < -0.39 is 0 Å². The van der Waals surface area contributed by atoms with E-state index in [1.807, 2.05) is 12.1 Å². The number of esters is 1. The Morgan fingerprint density at radius 2 is 1.68 bits per heavy atom. The second-order valence-electron chi connectivity index (χ2n) is 8.84. The molecule has 0 bridgehead atoms. The van der Waals surface area contributed by atoms with Crippen molar-refractivity contribution in [2.75, 3.05) is 0 Å². The van der Waals surface area contributed by atoms with Crippen molar-refractivity contribution in [3.05, 3.63) is 35.4 Å². The van der Waals surface area contributed by atoms with E-state index in [1.54, 1.807) is 0 Å². The summed E-state index contributed by atoms with van der Waals surface area (Å²) in [6.07, 6.45) is 14.0. The van der Waals surface area contributed by atoms with Gasteiger partial charge in [-0.2, -0.15) is 5.26 Å². The molecule has 3 heteroatoms. The lowest BCUT2D eigenvalue weighted by Crippen LogP contribution is -2.24. The molecule has 0 aliphatic heterocycles. The zero-order valence-corrected chi connectivity index (χ0v) is 17.4. The van der Waals surface area contributed by atoms with Gasteiger partial charge in [0.05, 0.1) is 11.6 Å². The maximum Gasteiger partial charge on any atom is 0.338 e. The molecule has 0 unspecified atom stereocenters. The zero-order chi connectivity index (χ0) is 19.8. The Balaban J connectivity index is 1.45. The van der Waals surface area contributed by atoms with Gasteiger partial charge in [-0.25, -0.2) is 4.79 Å². The molecule has 152 valence electrons. The fourth-order valence-corrected chi connectivity index (χ4v) is 4.89. The summed E-state index contributed by atoms with van der Waals surface area (Å²) in [4.78, 5) is 12.4. The molecule has 2 saturated carbocycles. The van der Waals surface area contributed by atoms with Crippen LogP contribution in [0.5, 0.6) is 0 Å². The van der Waals surface area contributed by atoms with Crippen molar-refractivity contribution in [2.24, 2.45) is 11.8 Å². The summed E-state index contributed by atoms with van der Waals surface area (Å²) in [7, 11) is 0. The second-order valence-corrected chi connectivity index (χ2v) is 8.84. The average molecular weight is 382 g/mol. The fourth-order valence-electron chi connectivity index (χ4n) is 4.89. The normalized spacial score (nSPS) is 27.7. The first kappa shape index (κ1) is 20.9. The Morgan fingerprint density at radius 1 is 1.00 bits per heavy atom. The fraction of sp³-hybridized carbons (Fsp3) is 0.680. The number of unbranched alkanes of at least 4 members (excludes halogenated alkanes) is 2. The van der Waals surface area contributed by atoms with E-state index in [9.17, 15) is 4.79 Å². The number of carbonyl (C=O) groups excluding carboxylic acids is 1. The maximum absolute atomic E-state index is 12.4. The monoisotopic (exact) mass is 381 g/mol. The van der Waals surface area contributed by atoms with Gasteiger partial charge in [0.15, 0.2) is 0 Å². The van der Waals surface area contributed by atoms with Crippen molar-refractivity contribution in [1.82, 2.24) is 0 Å². The van der Waals surface area contributed by atoms with Crippen LogP contribution in [0.3, 0.4) is 0 Å². The van der Waals surface area contributed by atoms with E-state index >= 15 is 0 Å². The van der Waals surface area contributed by atoms with E-state index in [1.165, 1.54) is 56.9 Å². The van der Waals surface area contributed by atoms with E-state index in [2.05, 4.69) is 25.1 Å². The van der Waals surface area contributed by atoms with E-state index in [0.29, 0.717) is 11.5 Å². The highest BCUT2D eigenvalue weighted by molar-refractivity contribution is 5.89. The quantitative estimate of drug-likeness (QED) is 0.386. The van der Waals surface area contributed by atoms with Gasteiger partial charge in [0.2, 0.25) is 0 Å². The van der Waals surface area contributed by atoms with Gasteiger partial charge in [-0.3, -0.25) is 0 Å². The molecule has 0 amide bonds. The van der Waals surface area contributed by atoms with Gasteiger partial charge in [0, 0.05) is 5.92 Å². The molecule has 0 saturated heterocycles. The van der Waals surface area contributed by atoms with E-state index in [4.69, 9.17) is 10.00 Å². The molecule has 1 aromatic carbocycles. The molecule has 0 spiro atoms. The van der Waals surface area contributed by atoms with Crippen molar-refractivity contribution >= 4 is 5.97 Å². The molecule has 0 N–H and O–H groups in total. The van der Waals surface area contributed by atoms with Crippen LogP contribution in [0, 0.1) is 23.2 Å². The highest BCUT2D eigenvalue weighted by Crippen LogP contribution is 2.37. The van der Waals surface area contributed by atoms with Gasteiger partial charge >= 0.3 is 5.97 Å². The Bertz CT molecular complexity index is 644. The lowest BCUT2D eigenvalue weighted by Gasteiger charge is -2.29. The minimum atomic E-state index is -0.216. The molecule has 0 aromatic heterocycles. The molecule has 2 fully saturated rings. The van der Waals surface area contributed by atoms with Crippen molar-refractivity contribution in [3.63, 3.8) is 0 Å². The maximum atomic E-state index is 12.4. The molecule has 3 rings (SSSR count). The Hall–Kier alpha value is -1.82. The summed E-state index contributed by atoms with van der Waals surface area (Å²) in [5, 5.41) is 8.98. The molecule has 0 heterocycles. The lowest BCUT2D eigenvalue weighted by molar-refractivity contribution is 0.0187. The van der Waals surface area contributed by atoms with Crippen LogP contribution in [-0.4, -0.2) is 12.1 Å². The Labute approximate surface area is 170 Å². The van der Waals surface area contributed by atoms with Crippen LogP contribution in [-0.2, 0) is 4.74 Å². The van der Waals surface area contributed by atoms with Gasteiger partial charge in [0.25, 0.3) is 0 Å². The smallest absolute Gasteiger partial charge is 0.338 e. The third-order valence-corrected chi connectivity index (χ3v) is 6.81. The van der Waals surface area contributed by atoms with Gasteiger partial charge < -0.3 is 4.74 Å². The predicted octanol–water partition coefficient (Wildman–Crippen LogP) is 6.78. The van der Waals surface area contributed by atoms with Gasteiger partial charge in [0.1, 0.15) is 6.10 Å². The third kappa shape index (κ3) is 5.84. The first-order valence-corrected chi connectivity index (χ1v) is 11.4. The summed E-state index contributed by atoms with van der Waals surface area (Å²) < 4.78 is 5.67. The van der Waals surface area contributed by atoms with Crippen LogP contribution in [0.1, 0.15) is 106 Å². The van der Waals surface area contributed by atoms with E-state index in [0.717, 1.165) is 31.6 Å². The van der Waals surface area contributed by atoms with Crippen LogP contribution in [0.25, 0.3) is 0 Å². The number of nitrogens with zero attached hydrogens (tertiary/aromatic N) is 1. The van der Waals surface area contributed by atoms with Crippen LogP contribution in [0.15, 0.2) is 24.3 Å². The van der Waals surface area contributed by atoms with Crippen LogP contribution < -0.4 is 0 Å². The van der Waals surface area contributed by atoms with Crippen molar-refractivity contribution in [3.8, 4) is 6.07 Å². The number of rotatable bonds is 7. The molecule has 0 radical (unpaired) electrons. The Morgan fingerprint density at radius 3 is 2.29 bits per heavy atom. The highest BCUT2D eigenvalue weighted by Gasteiger charge is 2.25. The summed E-state index contributed by atoms with van der Waals surface area (Å²) in [5.41, 5.74) is 2.03. The van der Waals surface area contributed by atoms with Gasteiger partial charge in [-0.15, -0.1) is 0 Å². The lowest BCUT2D eigenvalue weighted by atomic mass is 9.77. The van der Waals surface area contributed by atoms with Gasteiger partial charge in [-0.1, -0.05) is 44.7 Å². The topological polar surface area (TPSA) is 50.1 Å². The number of carbonyl (C=O) groups is 1. The largest absolute Gasteiger partial charge is 0.459 e. The summed E-state index contributed by atoms with van der Waals surface area (Å²) in [5.74, 6) is 1.49. The second kappa shape index (κ2) is 10.6. The van der Waals surface area contributed by atoms with Crippen LogP contribution in [0.4, 0.5) is 0 Å². The molecule has 0 atom stereocenters. The third-order valence-electron chi connectivity index (χ3n) is 6.81. The summed E-state index contributed by atoms with van der Waals surface area (Å²) in [6, 6.07) is 10.5. The molecule has 2 aliphatic carbocycles. The predicted molar refractivity (Wildman–Crippen MR) is 112 cm³/mol. The number of nitriles is 1. The van der Waals surface area contributed by atoms with Crippen LogP contribution >= 0.6 is 0 Å². The summed E-state index contributed by atoms with van der Waals surface area (Å²) >= 11 is 0. The minimum Gasteiger partial charge on any atom is -0.459 e. The number of hydrogen-bond acceptors (Lipinski definition) is 3.